The van der Waals surface area contributed by atoms with E-state index in [1.807, 2.05) is 12.1 Å². The van der Waals surface area contributed by atoms with Crippen molar-refractivity contribution in [2.45, 2.75) is 0 Å². The first-order valence-corrected chi connectivity index (χ1v) is 6.37. The molecule has 2 N–H and O–H groups in total. The van der Waals surface area contributed by atoms with Gasteiger partial charge >= 0.3 is 0 Å². The van der Waals surface area contributed by atoms with E-state index in [1.165, 1.54) is 0 Å². The highest BCUT2D eigenvalue weighted by molar-refractivity contribution is 9.10. The third kappa shape index (κ3) is 3.66. The van der Waals surface area contributed by atoms with E-state index in [1.54, 1.807) is 36.7 Å². The largest absolute Gasteiger partial charge is 0.298 e. The van der Waals surface area contributed by atoms with E-state index in [0.717, 1.165) is 10.0 Å². The predicted octanol–water partition coefficient (Wildman–Crippen LogP) is 2.75. The van der Waals surface area contributed by atoms with Crippen LogP contribution in [0, 0.1) is 0 Å². The molecule has 0 spiro atoms. The van der Waals surface area contributed by atoms with Crippen LogP contribution in [-0.4, -0.2) is 10.9 Å². The summed E-state index contributed by atoms with van der Waals surface area (Å²) in [7, 11) is 0. The van der Waals surface area contributed by atoms with Crippen LogP contribution in [0.4, 0.5) is 0 Å². The van der Waals surface area contributed by atoms with Crippen molar-refractivity contribution in [1.29, 1.82) is 0 Å². The van der Waals surface area contributed by atoms with Gasteiger partial charge in [-0.25, -0.2) is 0 Å². The molecule has 0 bridgehead atoms. The molecule has 0 aliphatic rings. The summed E-state index contributed by atoms with van der Waals surface area (Å²) in [6.07, 6.45) is 3.33. The topological polar surface area (TPSA) is 54.0 Å². The number of hydrazine groups is 1. The van der Waals surface area contributed by atoms with Crippen molar-refractivity contribution in [3.05, 3.63) is 71.0 Å². The normalized spacial score (nSPS) is 9.74. The van der Waals surface area contributed by atoms with Gasteiger partial charge in [0.05, 0.1) is 5.70 Å². The van der Waals surface area contributed by atoms with Crippen molar-refractivity contribution in [2.75, 3.05) is 0 Å². The second-order valence-electron chi connectivity index (χ2n) is 3.80. The molecule has 5 heteroatoms. The lowest BCUT2D eigenvalue weighted by atomic mass is 10.2. The number of carbonyl (C=O) groups is 1. The van der Waals surface area contributed by atoms with Crippen molar-refractivity contribution in [3.63, 3.8) is 0 Å². The monoisotopic (exact) mass is 317 g/mol. The number of nitrogens with one attached hydrogen (secondary N) is 2. The van der Waals surface area contributed by atoms with Crippen LogP contribution in [0.5, 0.6) is 0 Å². The molecule has 0 radical (unpaired) electrons. The Kier molecular flexibility index (Phi) is 4.30. The Bertz CT molecular complexity index is 581. The van der Waals surface area contributed by atoms with Gasteiger partial charge in [-0.2, -0.15) is 0 Å². The Morgan fingerprint density at radius 1 is 1.00 bits per heavy atom. The van der Waals surface area contributed by atoms with Crippen LogP contribution in [0.15, 0.2) is 59.8 Å². The summed E-state index contributed by atoms with van der Waals surface area (Å²) in [6, 6.07) is 10.7. The summed E-state index contributed by atoms with van der Waals surface area (Å²) in [5.41, 5.74) is 7.41. The first-order chi connectivity index (χ1) is 9.16. The second kappa shape index (κ2) is 6.15. The minimum atomic E-state index is -0.220. The number of nitrogens with zero attached hydrogens (tertiary/aromatic N) is 1. The Morgan fingerprint density at radius 3 is 2.26 bits per heavy atom. The van der Waals surface area contributed by atoms with Gasteiger partial charge in [-0.3, -0.25) is 20.6 Å². The number of amides is 1. The Morgan fingerprint density at radius 2 is 1.63 bits per heavy atom. The average molecular weight is 318 g/mol. The number of benzene rings is 1. The maximum Gasteiger partial charge on any atom is 0.269 e. The maximum atomic E-state index is 11.8. The van der Waals surface area contributed by atoms with E-state index >= 15 is 0 Å². The van der Waals surface area contributed by atoms with E-state index in [2.05, 4.69) is 38.3 Å². The zero-order valence-electron chi connectivity index (χ0n) is 10.1. The molecule has 0 saturated carbocycles. The maximum absolute atomic E-state index is 11.8. The molecule has 2 rings (SSSR count). The number of aromatic nitrogens is 1. The smallest absolute Gasteiger partial charge is 0.269 e. The van der Waals surface area contributed by atoms with Gasteiger partial charge in [-0.1, -0.05) is 22.5 Å². The standard InChI is InChI=1S/C14H12BrN3O/c1-10(11-6-8-16-9-7-11)17-18-14(19)12-2-4-13(15)5-3-12/h2-9,17H,1H2,(H,18,19). The number of hydrogen-bond acceptors (Lipinski definition) is 3. The van der Waals surface area contributed by atoms with Crippen LogP contribution < -0.4 is 10.9 Å². The highest BCUT2D eigenvalue weighted by Gasteiger charge is 2.05. The SMILES string of the molecule is C=C(NNC(=O)c1ccc(Br)cc1)c1ccncc1. The molecule has 0 unspecified atom stereocenters. The van der Waals surface area contributed by atoms with Gasteiger partial charge < -0.3 is 0 Å². The van der Waals surface area contributed by atoms with E-state index in [9.17, 15) is 4.79 Å². The average Bonchev–Trinajstić information content (AvgIpc) is 2.46. The molecule has 0 atom stereocenters. The van der Waals surface area contributed by atoms with Gasteiger partial charge in [0.2, 0.25) is 0 Å². The molecule has 96 valence electrons. The van der Waals surface area contributed by atoms with Crippen LogP contribution in [0.1, 0.15) is 15.9 Å². The minimum absolute atomic E-state index is 0.220. The van der Waals surface area contributed by atoms with Gasteiger partial charge in [0.15, 0.2) is 0 Å². The molecule has 2 aromatic rings. The quantitative estimate of drug-likeness (QED) is 0.852. The molecule has 1 aromatic carbocycles. The fourth-order valence-corrected chi connectivity index (χ4v) is 1.70. The summed E-state index contributed by atoms with van der Waals surface area (Å²) >= 11 is 3.32. The second-order valence-corrected chi connectivity index (χ2v) is 4.72. The molecule has 0 fully saturated rings. The van der Waals surface area contributed by atoms with Gasteiger partial charge in [-0.05, 0) is 36.4 Å². The fraction of sp³-hybridized carbons (Fsp3) is 0. The van der Waals surface area contributed by atoms with Crippen LogP contribution in [-0.2, 0) is 0 Å². The van der Waals surface area contributed by atoms with Gasteiger partial charge in [-0.15, -0.1) is 0 Å². The zero-order chi connectivity index (χ0) is 13.7. The van der Waals surface area contributed by atoms with Crippen LogP contribution in [0.2, 0.25) is 0 Å². The van der Waals surface area contributed by atoms with E-state index in [0.29, 0.717) is 11.3 Å². The Labute approximate surface area is 119 Å². The molecular weight excluding hydrogens is 306 g/mol. The molecule has 1 aromatic heterocycles. The number of pyridine rings is 1. The molecule has 1 heterocycles. The summed E-state index contributed by atoms with van der Waals surface area (Å²) in [6.45, 7) is 3.84. The third-order valence-corrected chi connectivity index (χ3v) is 2.99. The van der Waals surface area contributed by atoms with E-state index < -0.39 is 0 Å². The van der Waals surface area contributed by atoms with Crippen molar-refractivity contribution < 1.29 is 4.79 Å². The number of carbonyl (C=O) groups excluding carboxylic acids is 1. The number of hydrogen-bond donors (Lipinski definition) is 2. The zero-order valence-corrected chi connectivity index (χ0v) is 11.6. The summed E-state index contributed by atoms with van der Waals surface area (Å²) in [5, 5.41) is 0. The van der Waals surface area contributed by atoms with Crippen molar-refractivity contribution >= 4 is 27.5 Å². The van der Waals surface area contributed by atoms with Crippen molar-refractivity contribution in [2.24, 2.45) is 0 Å². The van der Waals surface area contributed by atoms with Crippen molar-refractivity contribution in [1.82, 2.24) is 15.8 Å². The minimum Gasteiger partial charge on any atom is -0.298 e. The lowest BCUT2D eigenvalue weighted by molar-refractivity contribution is 0.0942. The van der Waals surface area contributed by atoms with Gasteiger partial charge in [0, 0.05) is 28.0 Å². The van der Waals surface area contributed by atoms with E-state index in [-0.39, 0.29) is 5.91 Å². The lowest BCUT2D eigenvalue weighted by Crippen LogP contribution is -2.35. The lowest BCUT2D eigenvalue weighted by Gasteiger charge is -2.11. The van der Waals surface area contributed by atoms with Gasteiger partial charge in [0.1, 0.15) is 0 Å². The number of halogens is 1. The highest BCUT2D eigenvalue weighted by atomic mass is 79.9. The summed E-state index contributed by atoms with van der Waals surface area (Å²) in [5.74, 6) is -0.220. The number of rotatable bonds is 4. The van der Waals surface area contributed by atoms with Crippen LogP contribution in [0.3, 0.4) is 0 Å². The predicted molar refractivity (Wildman–Crippen MR) is 78.0 cm³/mol. The third-order valence-electron chi connectivity index (χ3n) is 2.46. The first kappa shape index (κ1) is 13.3. The fourth-order valence-electron chi connectivity index (χ4n) is 1.43. The van der Waals surface area contributed by atoms with Crippen LogP contribution >= 0.6 is 15.9 Å². The van der Waals surface area contributed by atoms with Crippen molar-refractivity contribution in [3.8, 4) is 0 Å². The molecule has 4 nitrogen and oxygen atoms in total. The molecule has 19 heavy (non-hydrogen) atoms. The summed E-state index contributed by atoms with van der Waals surface area (Å²) in [4.78, 5) is 15.8. The summed E-state index contributed by atoms with van der Waals surface area (Å²) < 4.78 is 0.929. The highest BCUT2D eigenvalue weighted by Crippen LogP contribution is 2.10. The first-order valence-electron chi connectivity index (χ1n) is 5.58. The molecule has 0 saturated heterocycles. The molecule has 1 amide bonds. The molecular formula is C14H12BrN3O. The Balaban J connectivity index is 1.94. The van der Waals surface area contributed by atoms with E-state index in [4.69, 9.17) is 0 Å². The van der Waals surface area contributed by atoms with Gasteiger partial charge in [0.25, 0.3) is 5.91 Å². The molecule has 0 aliphatic carbocycles. The Hall–Kier alpha value is -2.14. The molecule has 0 aliphatic heterocycles. The van der Waals surface area contributed by atoms with Crippen LogP contribution in [0.25, 0.3) is 5.70 Å².